The average Bonchev–Trinajstić information content (AvgIpc) is 2.88. The SMILES string of the molecule is CSC1(CNCC2CCC(C(=O)O)O2)CC1. The fourth-order valence-electron chi connectivity index (χ4n) is 2.09. The molecule has 92 valence electrons. The van der Waals surface area contributed by atoms with Gasteiger partial charge in [0, 0.05) is 17.8 Å². The van der Waals surface area contributed by atoms with Gasteiger partial charge in [0.2, 0.25) is 0 Å². The molecule has 2 N–H and O–H groups in total. The van der Waals surface area contributed by atoms with Crippen molar-refractivity contribution >= 4 is 17.7 Å². The molecule has 5 heteroatoms. The summed E-state index contributed by atoms with van der Waals surface area (Å²) in [5.74, 6) is -0.828. The van der Waals surface area contributed by atoms with Crippen LogP contribution in [0.4, 0.5) is 0 Å². The summed E-state index contributed by atoms with van der Waals surface area (Å²) in [7, 11) is 0. The summed E-state index contributed by atoms with van der Waals surface area (Å²) >= 11 is 1.93. The largest absolute Gasteiger partial charge is 0.479 e. The quantitative estimate of drug-likeness (QED) is 0.734. The molecule has 0 bridgehead atoms. The molecule has 0 aromatic heterocycles. The summed E-state index contributed by atoms with van der Waals surface area (Å²) in [6.45, 7) is 1.80. The van der Waals surface area contributed by atoms with Crippen LogP contribution in [0.2, 0.25) is 0 Å². The Morgan fingerprint density at radius 3 is 2.81 bits per heavy atom. The lowest BCUT2D eigenvalue weighted by Crippen LogP contribution is -2.33. The Morgan fingerprint density at radius 1 is 1.56 bits per heavy atom. The minimum atomic E-state index is -0.828. The maximum atomic E-state index is 10.7. The summed E-state index contributed by atoms with van der Waals surface area (Å²) in [4.78, 5) is 10.7. The van der Waals surface area contributed by atoms with Gasteiger partial charge in [0.25, 0.3) is 0 Å². The third-order valence-electron chi connectivity index (χ3n) is 3.44. The molecule has 0 amide bonds. The van der Waals surface area contributed by atoms with E-state index in [-0.39, 0.29) is 6.10 Å². The van der Waals surface area contributed by atoms with E-state index in [4.69, 9.17) is 9.84 Å². The van der Waals surface area contributed by atoms with Gasteiger partial charge in [-0.05, 0) is 31.9 Å². The predicted octanol–water partition coefficient (Wildman–Crippen LogP) is 1.10. The maximum absolute atomic E-state index is 10.7. The van der Waals surface area contributed by atoms with Crippen LogP contribution in [-0.2, 0) is 9.53 Å². The third kappa shape index (κ3) is 2.90. The summed E-state index contributed by atoms with van der Waals surface area (Å²) < 4.78 is 5.89. The van der Waals surface area contributed by atoms with Crippen molar-refractivity contribution in [3.63, 3.8) is 0 Å². The van der Waals surface area contributed by atoms with E-state index in [0.717, 1.165) is 19.5 Å². The van der Waals surface area contributed by atoms with E-state index < -0.39 is 12.1 Å². The molecule has 16 heavy (non-hydrogen) atoms. The van der Waals surface area contributed by atoms with Crippen LogP contribution in [0, 0.1) is 0 Å². The number of hydrogen-bond acceptors (Lipinski definition) is 4. The Labute approximate surface area is 100 Å². The predicted molar refractivity (Wildman–Crippen MR) is 63.9 cm³/mol. The number of hydrogen-bond donors (Lipinski definition) is 2. The first-order valence-electron chi connectivity index (χ1n) is 5.79. The number of ether oxygens (including phenoxy) is 1. The molecule has 2 unspecified atom stereocenters. The summed E-state index contributed by atoms with van der Waals surface area (Å²) in [6, 6.07) is 0. The third-order valence-corrected chi connectivity index (χ3v) is 4.86. The smallest absolute Gasteiger partial charge is 0.332 e. The van der Waals surface area contributed by atoms with E-state index in [0.29, 0.717) is 11.2 Å². The topological polar surface area (TPSA) is 58.6 Å². The highest BCUT2D eigenvalue weighted by Crippen LogP contribution is 2.46. The van der Waals surface area contributed by atoms with Crippen LogP contribution in [0.15, 0.2) is 0 Å². The number of carboxylic acids is 1. The Kier molecular flexibility index (Phi) is 3.77. The minimum absolute atomic E-state index is 0.0822. The second-order valence-corrected chi connectivity index (χ2v) is 5.95. The van der Waals surface area contributed by atoms with Crippen molar-refractivity contribution in [3.05, 3.63) is 0 Å². The van der Waals surface area contributed by atoms with Crippen LogP contribution in [0.25, 0.3) is 0 Å². The number of carboxylic acid groups (broad SMARTS) is 1. The molecule has 0 radical (unpaired) electrons. The lowest BCUT2D eigenvalue weighted by atomic mass is 10.2. The molecule has 0 aromatic rings. The minimum Gasteiger partial charge on any atom is -0.479 e. The van der Waals surface area contributed by atoms with Crippen LogP contribution < -0.4 is 5.32 Å². The van der Waals surface area contributed by atoms with Crippen molar-refractivity contribution in [3.8, 4) is 0 Å². The molecule has 0 spiro atoms. The fourth-order valence-corrected chi connectivity index (χ4v) is 2.85. The van der Waals surface area contributed by atoms with Gasteiger partial charge in [0.15, 0.2) is 6.10 Å². The summed E-state index contributed by atoms with van der Waals surface area (Å²) in [6.07, 6.45) is 5.75. The van der Waals surface area contributed by atoms with Gasteiger partial charge in [0.1, 0.15) is 0 Å². The Bertz CT molecular complexity index is 268. The molecule has 2 rings (SSSR count). The fraction of sp³-hybridized carbons (Fsp3) is 0.909. The molecule has 2 fully saturated rings. The zero-order valence-electron chi connectivity index (χ0n) is 9.57. The zero-order valence-corrected chi connectivity index (χ0v) is 10.4. The van der Waals surface area contributed by atoms with Gasteiger partial charge in [-0.2, -0.15) is 11.8 Å². The van der Waals surface area contributed by atoms with Crippen molar-refractivity contribution in [2.45, 2.75) is 42.6 Å². The molecule has 0 aromatic carbocycles. The van der Waals surface area contributed by atoms with Crippen molar-refractivity contribution in [1.82, 2.24) is 5.32 Å². The second kappa shape index (κ2) is 4.94. The maximum Gasteiger partial charge on any atom is 0.332 e. The Hall–Kier alpha value is -0.260. The number of thioether (sulfide) groups is 1. The van der Waals surface area contributed by atoms with Gasteiger partial charge in [-0.3, -0.25) is 0 Å². The van der Waals surface area contributed by atoms with Gasteiger partial charge >= 0.3 is 5.97 Å². The average molecular weight is 245 g/mol. The highest BCUT2D eigenvalue weighted by Gasteiger charge is 2.41. The first kappa shape index (κ1) is 12.2. The van der Waals surface area contributed by atoms with Gasteiger partial charge < -0.3 is 15.2 Å². The van der Waals surface area contributed by atoms with Crippen molar-refractivity contribution in [2.75, 3.05) is 19.3 Å². The molecule has 1 aliphatic carbocycles. The first-order chi connectivity index (χ1) is 7.65. The normalized spacial score (nSPS) is 31.6. The van der Waals surface area contributed by atoms with Crippen molar-refractivity contribution in [2.24, 2.45) is 0 Å². The van der Waals surface area contributed by atoms with Gasteiger partial charge in [-0.25, -0.2) is 4.79 Å². The number of rotatable bonds is 6. The zero-order chi connectivity index (χ0) is 11.6. The second-order valence-electron chi connectivity index (χ2n) is 4.68. The number of aliphatic carboxylic acids is 1. The molecular formula is C11H19NO3S. The Balaban J connectivity index is 1.62. The van der Waals surface area contributed by atoms with Gasteiger partial charge in [-0.15, -0.1) is 0 Å². The lowest BCUT2D eigenvalue weighted by Gasteiger charge is -2.16. The molecular weight excluding hydrogens is 226 g/mol. The molecule has 4 nitrogen and oxygen atoms in total. The first-order valence-corrected chi connectivity index (χ1v) is 7.02. The molecule has 1 heterocycles. The lowest BCUT2D eigenvalue weighted by molar-refractivity contribution is -0.149. The van der Waals surface area contributed by atoms with Crippen LogP contribution in [0.5, 0.6) is 0 Å². The van der Waals surface area contributed by atoms with E-state index in [1.807, 2.05) is 11.8 Å². The summed E-state index contributed by atoms with van der Waals surface area (Å²) in [5.41, 5.74) is 0. The Morgan fingerprint density at radius 2 is 2.31 bits per heavy atom. The van der Waals surface area contributed by atoms with E-state index in [9.17, 15) is 4.79 Å². The van der Waals surface area contributed by atoms with Gasteiger partial charge in [0.05, 0.1) is 6.10 Å². The molecule has 2 aliphatic rings. The highest BCUT2D eigenvalue weighted by atomic mass is 32.2. The highest BCUT2D eigenvalue weighted by molar-refractivity contribution is 8.00. The number of carbonyl (C=O) groups is 1. The molecule has 2 atom stereocenters. The molecule has 1 saturated heterocycles. The van der Waals surface area contributed by atoms with Crippen molar-refractivity contribution < 1.29 is 14.6 Å². The van der Waals surface area contributed by atoms with E-state index in [2.05, 4.69) is 11.6 Å². The number of nitrogens with one attached hydrogen (secondary N) is 1. The van der Waals surface area contributed by atoms with Crippen molar-refractivity contribution in [1.29, 1.82) is 0 Å². The van der Waals surface area contributed by atoms with E-state index in [1.165, 1.54) is 12.8 Å². The van der Waals surface area contributed by atoms with Crippen LogP contribution in [0.3, 0.4) is 0 Å². The van der Waals surface area contributed by atoms with Crippen LogP contribution in [0.1, 0.15) is 25.7 Å². The molecule has 1 aliphatic heterocycles. The standard InChI is InChI=1S/C11H19NO3S/c1-16-11(4-5-11)7-12-6-8-2-3-9(15-8)10(13)14/h8-9,12H,2-7H2,1H3,(H,13,14). The summed E-state index contributed by atoms with van der Waals surface area (Å²) in [5, 5.41) is 12.2. The monoisotopic (exact) mass is 245 g/mol. The van der Waals surface area contributed by atoms with E-state index >= 15 is 0 Å². The van der Waals surface area contributed by atoms with Gasteiger partial charge in [-0.1, -0.05) is 0 Å². The van der Waals surface area contributed by atoms with Crippen LogP contribution in [-0.4, -0.2) is 47.4 Å². The molecule has 1 saturated carbocycles. The van der Waals surface area contributed by atoms with E-state index in [1.54, 1.807) is 0 Å². The van der Waals surface area contributed by atoms with Crippen LogP contribution >= 0.6 is 11.8 Å².